The van der Waals surface area contributed by atoms with Gasteiger partial charge in [0.15, 0.2) is 6.61 Å². The van der Waals surface area contributed by atoms with E-state index in [0.717, 1.165) is 0 Å². The van der Waals surface area contributed by atoms with Crippen molar-refractivity contribution in [3.63, 3.8) is 0 Å². The number of fused-ring (bicyclic) bond motifs is 1. The van der Waals surface area contributed by atoms with Gasteiger partial charge in [-0.1, -0.05) is 28.1 Å². The summed E-state index contributed by atoms with van der Waals surface area (Å²) in [5, 5.41) is 2.66. The first-order chi connectivity index (χ1) is 10.1. The van der Waals surface area contributed by atoms with E-state index in [1.54, 1.807) is 18.2 Å². The van der Waals surface area contributed by atoms with Gasteiger partial charge in [-0.25, -0.2) is 8.78 Å². The van der Waals surface area contributed by atoms with E-state index in [-0.39, 0.29) is 18.1 Å². The molecule has 21 heavy (non-hydrogen) atoms. The number of alkyl halides is 1. The number of hydrogen-bond acceptors (Lipinski definition) is 2. The number of amides is 1. The van der Waals surface area contributed by atoms with Gasteiger partial charge >= 0.3 is 0 Å². The molecule has 1 N–H and O–H groups in total. The van der Waals surface area contributed by atoms with Gasteiger partial charge in [0, 0.05) is 5.56 Å². The van der Waals surface area contributed by atoms with E-state index in [9.17, 15) is 13.6 Å². The Morgan fingerprint density at radius 1 is 1.19 bits per heavy atom. The Kier molecular flexibility index (Phi) is 3.63. The predicted octanol–water partition coefficient (Wildman–Crippen LogP) is 3.78. The van der Waals surface area contributed by atoms with Crippen molar-refractivity contribution in [1.82, 2.24) is 0 Å². The van der Waals surface area contributed by atoms with Crippen LogP contribution in [0.25, 0.3) is 0 Å². The van der Waals surface area contributed by atoms with Crippen molar-refractivity contribution in [3.8, 4) is 5.75 Å². The van der Waals surface area contributed by atoms with Crippen LogP contribution >= 0.6 is 15.9 Å². The lowest BCUT2D eigenvalue weighted by molar-refractivity contribution is -0.118. The SMILES string of the molecule is O=C1COc2ccc(C(Br)c3c(F)cccc3F)cc2N1. The molecule has 0 saturated heterocycles. The maximum Gasteiger partial charge on any atom is 0.262 e. The van der Waals surface area contributed by atoms with Gasteiger partial charge in [0.25, 0.3) is 5.91 Å². The zero-order chi connectivity index (χ0) is 15.0. The molecule has 0 spiro atoms. The van der Waals surface area contributed by atoms with Crippen LogP contribution in [0.5, 0.6) is 5.75 Å². The smallest absolute Gasteiger partial charge is 0.262 e. The third-order valence-electron chi connectivity index (χ3n) is 3.18. The fourth-order valence-corrected chi connectivity index (χ4v) is 2.90. The summed E-state index contributed by atoms with van der Waals surface area (Å²) in [5.41, 5.74) is 1.04. The molecule has 2 aromatic rings. The molecule has 1 aliphatic heterocycles. The first-order valence-electron chi connectivity index (χ1n) is 6.21. The zero-order valence-electron chi connectivity index (χ0n) is 10.7. The highest BCUT2D eigenvalue weighted by atomic mass is 79.9. The Labute approximate surface area is 128 Å². The Bertz CT molecular complexity index is 701. The van der Waals surface area contributed by atoms with Crippen LogP contribution in [0.1, 0.15) is 16.0 Å². The van der Waals surface area contributed by atoms with Gasteiger partial charge in [-0.15, -0.1) is 0 Å². The molecule has 1 heterocycles. The summed E-state index contributed by atoms with van der Waals surface area (Å²) in [6.07, 6.45) is 0. The predicted molar refractivity (Wildman–Crippen MR) is 77.7 cm³/mol. The average molecular weight is 354 g/mol. The number of carbonyl (C=O) groups excluding carboxylic acids is 1. The first-order valence-corrected chi connectivity index (χ1v) is 7.12. The molecule has 0 bridgehead atoms. The quantitative estimate of drug-likeness (QED) is 0.834. The Hall–Kier alpha value is -1.95. The molecule has 0 fully saturated rings. The largest absolute Gasteiger partial charge is 0.482 e. The summed E-state index contributed by atoms with van der Waals surface area (Å²) < 4.78 is 32.9. The molecule has 1 aliphatic rings. The van der Waals surface area contributed by atoms with E-state index in [1.165, 1.54) is 18.2 Å². The van der Waals surface area contributed by atoms with E-state index < -0.39 is 16.5 Å². The van der Waals surface area contributed by atoms with Gasteiger partial charge in [-0.2, -0.15) is 0 Å². The number of halogens is 3. The lowest BCUT2D eigenvalue weighted by atomic mass is 10.0. The molecule has 3 nitrogen and oxygen atoms in total. The molecule has 1 atom stereocenters. The highest BCUT2D eigenvalue weighted by molar-refractivity contribution is 9.09. The first kappa shape index (κ1) is 14.0. The second-order valence-electron chi connectivity index (χ2n) is 4.59. The average Bonchev–Trinajstić information content (AvgIpc) is 2.46. The highest BCUT2D eigenvalue weighted by Crippen LogP contribution is 2.38. The maximum absolute atomic E-state index is 13.8. The van der Waals surface area contributed by atoms with Gasteiger partial charge in [0.05, 0.1) is 10.5 Å². The summed E-state index contributed by atoms with van der Waals surface area (Å²) in [7, 11) is 0. The third kappa shape index (κ3) is 2.63. The molecular formula is C15H10BrF2NO2. The van der Waals surface area contributed by atoms with Crippen molar-refractivity contribution >= 4 is 27.5 Å². The van der Waals surface area contributed by atoms with Crippen LogP contribution in [-0.2, 0) is 4.79 Å². The van der Waals surface area contributed by atoms with E-state index in [1.807, 2.05) is 0 Å². The number of carbonyl (C=O) groups is 1. The Morgan fingerprint density at radius 2 is 1.90 bits per heavy atom. The van der Waals surface area contributed by atoms with Crippen LogP contribution in [0.15, 0.2) is 36.4 Å². The van der Waals surface area contributed by atoms with Crippen LogP contribution in [0, 0.1) is 11.6 Å². The minimum atomic E-state index is -0.664. The summed E-state index contributed by atoms with van der Waals surface area (Å²) in [4.78, 5) is 10.7. The molecule has 0 aromatic heterocycles. The summed E-state index contributed by atoms with van der Waals surface area (Å²) in [5.74, 6) is -0.986. The molecule has 0 saturated carbocycles. The summed E-state index contributed by atoms with van der Waals surface area (Å²) >= 11 is 3.31. The van der Waals surface area contributed by atoms with Crippen molar-refractivity contribution in [2.24, 2.45) is 0 Å². The minimum Gasteiger partial charge on any atom is -0.482 e. The number of rotatable bonds is 2. The topological polar surface area (TPSA) is 38.3 Å². The molecule has 1 amide bonds. The van der Waals surface area contributed by atoms with Gasteiger partial charge in [0.2, 0.25) is 0 Å². The Morgan fingerprint density at radius 3 is 2.62 bits per heavy atom. The number of hydrogen-bond donors (Lipinski definition) is 1. The third-order valence-corrected chi connectivity index (χ3v) is 4.17. The van der Waals surface area contributed by atoms with Gasteiger partial charge in [0.1, 0.15) is 17.4 Å². The lowest BCUT2D eigenvalue weighted by Gasteiger charge is -2.20. The molecule has 3 rings (SSSR count). The summed E-state index contributed by atoms with van der Waals surface area (Å²) in [6.45, 7) is -0.0357. The van der Waals surface area contributed by atoms with Crippen molar-refractivity contribution in [1.29, 1.82) is 0 Å². The molecule has 0 aliphatic carbocycles. The Balaban J connectivity index is 2.01. The standard InChI is InChI=1S/C15H10BrF2NO2/c16-15(14-9(17)2-1-3-10(14)18)8-4-5-12-11(6-8)19-13(20)7-21-12/h1-6,15H,7H2,(H,19,20). The van der Waals surface area contributed by atoms with Crippen LogP contribution in [-0.4, -0.2) is 12.5 Å². The lowest BCUT2D eigenvalue weighted by Crippen LogP contribution is -2.25. The molecule has 1 unspecified atom stereocenters. The van der Waals surface area contributed by atoms with E-state index in [0.29, 0.717) is 17.0 Å². The van der Waals surface area contributed by atoms with Gasteiger partial charge in [-0.05, 0) is 29.8 Å². The molecule has 6 heteroatoms. The number of anilines is 1. The fourth-order valence-electron chi connectivity index (χ4n) is 2.18. The van der Waals surface area contributed by atoms with Crippen molar-refractivity contribution in [3.05, 3.63) is 59.2 Å². The van der Waals surface area contributed by atoms with E-state index in [4.69, 9.17) is 4.74 Å². The monoisotopic (exact) mass is 353 g/mol. The van der Waals surface area contributed by atoms with Gasteiger partial charge < -0.3 is 10.1 Å². The highest BCUT2D eigenvalue weighted by Gasteiger charge is 2.22. The second-order valence-corrected chi connectivity index (χ2v) is 5.51. The zero-order valence-corrected chi connectivity index (χ0v) is 12.3. The fraction of sp³-hybridized carbons (Fsp3) is 0.133. The number of ether oxygens (including phenoxy) is 1. The van der Waals surface area contributed by atoms with Crippen LogP contribution < -0.4 is 10.1 Å². The van der Waals surface area contributed by atoms with Crippen molar-refractivity contribution in [2.45, 2.75) is 4.83 Å². The van der Waals surface area contributed by atoms with Crippen molar-refractivity contribution in [2.75, 3.05) is 11.9 Å². The number of benzene rings is 2. The van der Waals surface area contributed by atoms with E-state index in [2.05, 4.69) is 21.2 Å². The second kappa shape index (κ2) is 5.44. The van der Waals surface area contributed by atoms with Crippen LogP contribution in [0.3, 0.4) is 0 Å². The minimum absolute atomic E-state index is 0.0357. The normalized spacial score (nSPS) is 14.9. The van der Waals surface area contributed by atoms with Crippen LogP contribution in [0.2, 0.25) is 0 Å². The van der Waals surface area contributed by atoms with E-state index >= 15 is 0 Å². The van der Waals surface area contributed by atoms with Gasteiger partial charge in [-0.3, -0.25) is 4.79 Å². The number of nitrogens with one attached hydrogen (secondary N) is 1. The van der Waals surface area contributed by atoms with Crippen LogP contribution in [0.4, 0.5) is 14.5 Å². The molecule has 108 valence electrons. The maximum atomic E-state index is 13.8. The van der Waals surface area contributed by atoms with Crippen molar-refractivity contribution < 1.29 is 18.3 Å². The molecule has 0 radical (unpaired) electrons. The molecular weight excluding hydrogens is 344 g/mol. The summed E-state index contributed by atoms with van der Waals surface area (Å²) in [6, 6.07) is 8.72. The molecule has 2 aromatic carbocycles.